The molecule has 0 aliphatic rings. The standard InChI is InChI=1S/C20H19F4N5O/c1-10-27-17-13(18(25)30)4-3-5-14(17)19(28-10)29-16(9-26-2)12-7-6-11(21)8-15(12)20(22,23)24/h3-8,16,26H,9H2,1-2H3,(H2,25,30)(H,27,28,29)/t16-/m1/s1. The van der Waals surface area contributed by atoms with Gasteiger partial charge in [-0.25, -0.2) is 14.4 Å². The Labute approximate surface area is 169 Å². The number of amides is 1. The zero-order valence-electron chi connectivity index (χ0n) is 16.1. The van der Waals surface area contributed by atoms with Gasteiger partial charge in [0.15, 0.2) is 0 Å². The number of aryl methyl sites for hydroxylation is 1. The third-order valence-electron chi connectivity index (χ3n) is 4.52. The molecule has 0 aliphatic carbocycles. The molecule has 0 aliphatic heterocycles. The fraction of sp³-hybridized carbons (Fsp3) is 0.250. The number of nitrogens with one attached hydrogen (secondary N) is 2. The largest absolute Gasteiger partial charge is 0.416 e. The smallest absolute Gasteiger partial charge is 0.366 e. The van der Waals surface area contributed by atoms with Crippen LogP contribution in [-0.4, -0.2) is 29.5 Å². The summed E-state index contributed by atoms with van der Waals surface area (Å²) >= 11 is 0. The van der Waals surface area contributed by atoms with E-state index < -0.39 is 29.5 Å². The summed E-state index contributed by atoms with van der Waals surface area (Å²) in [4.78, 5) is 20.3. The number of hydrogen-bond donors (Lipinski definition) is 3. The van der Waals surface area contributed by atoms with Gasteiger partial charge in [-0.1, -0.05) is 12.1 Å². The second kappa shape index (κ2) is 8.23. The molecule has 1 amide bonds. The quantitative estimate of drug-likeness (QED) is 0.529. The van der Waals surface area contributed by atoms with Crippen LogP contribution in [-0.2, 0) is 6.18 Å². The number of fused-ring (bicyclic) bond motifs is 1. The molecule has 1 aromatic heterocycles. The van der Waals surface area contributed by atoms with Gasteiger partial charge in [0.25, 0.3) is 5.91 Å². The van der Waals surface area contributed by atoms with Gasteiger partial charge in [-0.05, 0) is 43.8 Å². The number of alkyl halides is 3. The molecule has 4 N–H and O–H groups in total. The van der Waals surface area contributed by atoms with E-state index in [1.165, 1.54) is 6.07 Å². The van der Waals surface area contributed by atoms with Gasteiger partial charge in [0, 0.05) is 11.9 Å². The summed E-state index contributed by atoms with van der Waals surface area (Å²) in [6, 6.07) is 6.36. The second-order valence-corrected chi connectivity index (χ2v) is 6.67. The Morgan fingerprint density at radius 1 is 1.20 bits per heavy atom. The van der Waals surface area contributed by atoms with Crippen LogP contribution in [0.3, 0.4) is 0 Å². The zero-order valence-corrected chi connectivity index (χ0v) is 16.1. The van der Waals surface area contributed by atoms with Crippen LogP contribution in [0.1, 0.15) is 33.4 Å². The minimum atomic E-state index is -4.74. The maximum Gasteiger partial charge on any atom is 0.416 e. The fourth-order valence-corrected chi connectivity index (χ4v) is 3.26. The Morgan fingerprint density at radius 3 is 2.57 bits per heavy atom. The van der Waals surface area contributed by atoms with Crippen LogP contribution in [0.2, 0.25) is 0 Å². The number of benzene rings is 2. The van der Waals surface area contributed by atoms with Gasteiger partial charge in [-0.15, -0.1) is 0 Å². The lowest BCUT2D eigenvalue weighted by Crippen LogP contribution is -2.27. The SMILES string of the molecule is CNC[C@@H](Nc1nc(C)nc2c(C(N)=O)cccc12)c1ccc(F)cc1C(F)(F)F. The summed E-state index contributed by atoms with van der Waals surface area (Å²) in [6.07, 6.45) is -4.74. The lowest BCUT2D eigenvalue weighted by atomic mass is 9.99. The number of hydrogen-bond acceptors (Lipinski definition) is 5. The van der Waals surface area contributed by atoms with E-state index in [1.54, 1.807) is 26.1 Å². The van der Waals surface area contributed by atoms with Crippen LogP contribution < -0.4 is 16.4 Å². The van der Waals surface area contributed by atoms with E-state index in [0.29, 0.717) is 22.8 Å². The Kier molecular flexibility index (Phi) is 5.88. The number of nitrogens with zero attached hydrogens (tertiary/aromatic N) is 2. The zero-order chi connectivity index (χ0) is 22.1. The molecule has 0 spiro atoms. The summed E-state index contributed by atoms with van der Waals surface area (Å²) in [5.74, 6) is -1.13. The van der Waals surface area contributed by atoms with E-state index in [0.717, 1.165) is 12.1 Å². The van der Waals surface area contributed by atoms with Crippen molar-refractivity contribution in [3.63, 3.8) is 0 Å². The lowest BCUT2D eigenvalue weighted by Gasteiger charge is -2.24. The van der Waals surface area contributed by atoms with Crippen molar-refractivity contribution in [2.24, 2.45) is 5.73 Å². The van der Waals surface area contributed by atoms with Gasteiger partial charge in [-0.3, -0.25) is 4.79 Å². The van der Waals surface area contributed by atoms with Crippen molar-refractivity contribution in [1.82, 2.24) is 15.3 Å². The van der Waals surface area contributed by atoms with E-state index in [-0.39, 0.29) is 23.5 Å². The van der Waals surface area contributed by atoms with Crippen molar-refractivity contribution in [3.05, 3.63) is 64.7 Å². The van der Waals surface area contributed by atoms with Gasteiger partial charge >= 0.3 is 6.18 Å². The summed E-state index contributed by atoms with van der Waals surface area (Å²) in [6.45, 7) is 1.68. The highest BCUT2D eigenvalue weighted by molar-refractivity contribution is 6.07. The molecule has 1 atom stereocenters. The number of nitrogens with two attached hydrogens (primary N) is 1. The number of likely N-dealkylation sites (N-methyl/N-ethyl adjacent to an activating group) is 1. The summed E-state index contributed by atoms with van der Waals surface area (Å²) in [7, 11) is 1.58. The molecule has 0 saturated heterocycles. The van der Waals surface area contributed by atoms with Crippen LogP contribution in [0.5, 0.6) is 0 Å². The van der Waals surface area contributed by atoms with E-state index >= 15 is 0 Å². The third kappa shape index (κ3) is 4.33. The van der Waals surface area contributed by atoms with Crippen molar-refractivity contribution in [1.29, 1.82) is 0 Å². The predicted molar refractivity (Wildman–Crippen MR) is 104 cm³/mol. The molecule has 0 fully saturated rings. The molecule has 2 aromatic carbocycles. The summed E-state index contributed by atoms with van der Waals surface area (Å²) < 4.78 is 54.1. The van der Waals surface area contributed by atoms with Gasteiger partial charge < -0.3 is 16.4 Å². The van der Waals surface area contributed by atoms with Gasteiger partial charge in [-0.2, -0.15) is 13.2 Å². The maximum absolute atomic E-state index is 13.5. The molecule has 158 valence electrons. The first kappa shape index (κ1) is 21.4. The minimum absolute atomic E-state index is 0.0920. The van der Waals surface area contributed by atoms with Gasteiger partial charge in [0.05, 0.1) is 22.7 Å². The first-order chi connectivity index (χ1) is 14.1. The van der Waals surface area contributed by atoms with Crippen molar-refractivity contribution in [3.8, 4) is 0 Å². The highest BCUT2D eigenvalue weighted by atomic mass is 19.4. The fourth-order valence-electron chi connectivity index (χ4n) is 3.26. The van der Waals surface area contributed by atoms with E-state index in [1.807, 2.05) is 0 Å². The normalized spacial score (nSPS) is 12.7. The second-order valence-electron chi connectivity index (χ2n) is 6.67. The molecule has 30 heavy (non-hydrogen) atoms. The van der Waals surface area contributed by atoms with Crippen LogP contribution in [0.4, 0.5) is 23.4 Å². The van der Waals surface area contributed by atoms with E-state index in [9.17, 15) is 22.4 Å². The van der Waals surface area contributed by atoms with Crippen molar-refractivity contribution < 1.29 is 22.4 Å². The molecule has 10 heteroatoms. The van der Waals surface area contributed by atoms with Gasteiger partial charge in [0.2, 0.25) is 0 Å². The number of para-hydroxylation sites is 1. The molecule has 3 rings (SSSR count). The molecule has 0 saturated carbocycles. The Morgan fingerprint density at radius 2 is 1.93 bits per heavy atom. The Hall–Kier alpha value is -3.27. The highest BCUT2D eigenvalue weighted by Crippen LogP contribution is 2.36. The Bertz CT molecular complexity index is 1100. The monoisotopic (exact) mass is 421 g/mol. The number of anilines is 1. The number of rotatable bonds is 6. The topological polar surface area (TPSA) is 92.9 Å². The molecule has 6 nitrogen and oxygen atoms in total. The number of halogens is 4. The first-order valence-corrected chi connectivity index (χ1v) is 8.96. The summed E-state index contributed by atoms with van der Waals surface area (Å²) in [5, 5.41) is 6.25. The van der Waals surface area contributed by atoms with Crippen LogP contribution in [0, 0.1) is 12.7 Å². The van der Waals surface area contributed by atoms with Crippen LogP contribution in [0.15, 0.2) is 36.4 Å². The number of carbonyl (C=O) groups is 1. The number of carbonyl (C=O) groups excluding carboxylic acids is 1. The van der Waals surface area contributed by atoms with Crippen LogP contribution in [0.25, 0.3) is 10.9 Å². The predicted octanol–water partition coefficient (Wildman–Crippen LogP) is 3.57. The minimum Gasteiger partial charge on any atom is -0.366 e. The third-order valence-corrected chi connectivity index (χ3v) is 4.52. The number of primary amides is 1. The first-order valence-electron chi connectivity index (χ1n) is 8.96. The molecule has 0 bridgehead atoms. The molecule has 0 unspecified atom stereocenters. The number of aromatic nitrogens is 2. The van der Waals surface area contributed by atoms with Crippen molar-refractivity contribution in [2.45, 2.75) is 19.1 Å². The molecule has 0 radical (unpaired) electrons. The average molecular weight is 421 g/mol. The molecule has 3 aromatic rings. The van der Waals surface area contributed by atoms with E-state index in [2.05, 4.69) is 20.6 Å². The van der Waals surface area contributed by atoms with Crippen molar-refractivity contribution >= 4 is 22.6 Å². The molecular formula is C20H19F4N5O. The molecular weight excluding hydrogens is 402 g/mol. The lowest BCUT2D eigenvalue weighted by molar-refractivity contribution is -0.138. The maximum atomic E-state index is 13.5. The summed E-state index contributed by atoms with van der Waals surface area (Å²) in [5.41, 5.74) is 4.65. The van der Waals surface area contributed by atoms with E-state index in [4.69, 9.17) is 5.73 Å². The van der Waals surface area contributed by atoms with Crippen LogP contribution >= 0.6 is 0 Å². The highest BCUT2D eigenvalue weighted by Gasteiger charge is 2.36. The molecule has 1 heterocycles. The Balaban J connectivity index is 2.15. The average Bonchev–Trinajstić information content (AvgIpc) is 2.66. The van der Waals surface area contributed by atoms with Crippen molar-refractivity contribution in [2.75, 3.05) is 18.9 Å². The van der Waals surface area contributed by atoms with Gasteiger partial charge in [0.1, 0.15) is 17.5 Å².